The van der Waals surface area contributed by atoms with Gasteiger partial charge in [0.25, 0.3) is 0 Å². The fourth-order valence-electron chi connectivity index (χ4n) is 2.49. The van der Waals surface area contributed by atoms with Crippen LogP contribution in [0.25, 0.3) is 11.3 Å². The molecule has 2 heterocycles. The van der Waals surface area contributed by atoms with Gasteiger partial charge in [-0.05, 0) is 19.4 Å². The number of hydrogen-bond acceptors (Lipinski definition) is 4. The van der Waals surface area contributed by atoms with E-state index in [4.69, 9.17) is 4.74 Å². The molecule has 3 rings (SSSR count). The Morgan fingerprint density at radius 2 is 2.09 bits per heavy atom. The second-order valence-electron chi connectivity index (χ2n) is 5.39. The third-order valence-corrected chi connectivity index (χ3v) is 4.43. The lowest BCUT2D eigenvalue weighted by Crippen LogP contribution is -2.43. The average Bonchev–Trinajstić information content (AvgIpc) is 2.96. The Labute approximate surface area is 133 Å². The summed E-state index contributed by atoms with van der Waals surface area (Å²) in [6, 6.07) is 6.19. The lowest BCUT2D eigenvalue weighted by molar-refractivity contribution is 0.0564. The molecule has 0 bridgehead atoms. The van der Waals surface area contributed by atoms with Crippen molar-refractivity contribution in [2.24, 2.45) is 0 Å². The second kappa shape index (κ2) is 6.46. The number of amides is 2. The van der Waals surface area contributed by atoms with E-state index in [2.05, 4.69) is 42.3 Å². The van der Waals surface area contributed by atoms with E-state index < -0.39 is 0 Å². The molecule has 1 aromatic carbocycles. The Bertz CT molecular complexity index is 678. The zero-order valence-corrected chi connectivity index (χ0v) is 13.6. The minimum Gasteiger partial charge on any atom is -0.378 e. The first-order valence-electron chi connectivity index (χ1n) is 7.30. The van der Waals surface area contributed by atoms with Gasteiger partial charge in [0, 0.05) is 24.0 Å². The molecule has 0 atom stereocenters. The van der Waals surface area contributed by atoms with Crippen molar-refractivity contribution >= 4 is 22.5 Å². The number of morpholine rings is 1. The summed E-state index contributed by atoms with van der Waals surface area (Å²) in [4.78, 5) is 18.4. The lowest BCUT2D eigenvalue weighted by atomic mass is 10.0. The molecule has 22 heavy (non-hydrogen) atoms. The number of carbonyl (C=O) groups excluding carboxylic acids is 1. The molecule has 1 aliphatic heterocycles. The minimum absolute atomic E-state index is 0.107. The van der Waals surface area contributed by atoms with Gasteiger partial charge in [0.1, 0.15) is 0 Å². The zero-order chi connectivity index (χ0) is 15.5. The molecular formula is C16H19N3O2S. The SMILES string of the molecule is Cc1ccc(-c2csc(NC(=O)N3CCOCC3)n2)c(C)c1. The van der Waals surface area contributed by atoms with Crippen LogP contribution in [0.3, 0.4) is 0 Å². The highest BCUT2D eigenvalue weighted by Crippen LogP contribution is 2.28. The molecule has 116 valence electrons. The highest BCUT2D eigenvalue weighted by molar-refractivity contribution is 7.14. The van der Waals surface area contributed by atoms with E-state index in [1.807, 2.05) is 5.38 Å². The summed E-state index contributed by atoms with van der Waals surface area (Å²) >= 11 is 1.45. The number of ether oxygens (including phenoxy) is 1. The van der Waals surface area contributed by atoms with E-state index in [0.29, 0.717) is 31.4 Å². The highest BCUT2D eigenvalue weighted by atomic mass is 32.1. The maximum absolute atomic E-state index is 12.2. The quantitative estimate of drug-likeness (QED) is 0.924. The van der Waals surface area contributed by atoms with Gasteiger partial charge in [-0.2, -0.15) is 0 Å². The summed E-state index contributed by atoms with van der Waals surface area (Å²) in [5.41, 5.74) is 4.43. The van der Waals surface area contributed by atoms with Crippen LogP contribution >= 0.6 is 11.3 Å². The lowest BCUT2D eigenvalue weighted by Gasteiger charge is -2.26. The van der Waals surface area contributed by atoms with Gasteiger partial charge in [0.15, 0.2) is 5.13 Å². The van der Waals surface area contributed by atoms with Crippen LogP contribution in [-0.2, 0) is 4.74 Å². The highest BCUT2D eigenvalue weighted by Gasteiger charge is 2.18. The Morgan fingerprint density at radius 3 is 2.82 bits per heavy atom. The molecule has 0 unspecified atom stereocenters. The Morgan fingerprint density at radius 1 is 1.32 bits per heavy atom. The number of rotatable bonds is 2. The molecule has 6 heteroatoms. The topological polar surface area (TPSA) is 54.5 Å². The summed E-state index contributed by atoms with van der Waals surface area (Å²) < 4.78 is 5.25. The van der Waals surface area contributed by atoms with Gasteiger partial charge in [-0.1, -0.05) is 23.8 Å². The van der Waals surface area contributed by atoms with Gasteiger partial charge in [-0.15, -0.1) is 11.3 Å². The van der Waals surface area contributed by atoms with Crippen molar-refractivity contribution in [2.45, 2.75) is 13.8 Å². The number of urea groups is 1. The minimum atomic E-state index is -0.107. The largest absolute Gasteiger partial charge is 0.378 e. The third-order valence-electron chi connectivity index (χ3n) is 3.67. The van der Waals surface area contributed by atoms with Gasteiger partial charge in [-0.3, -0.25) is 5.32 Å². The van der Waals surface area contributed by atoms with Crippen molar-refractivity contribution in [3.8, 4) is 11.3 Å². The fraction of sp³-hybridized carbons (Fsp3) is 0.375. The van der Waals surface area contributed by atoms with Crippen LogP contribution in [0, 0.1) is 13.8 Å². The third kappa shape index (κ3) is 3.28. The molecule has 0 spiro atoms. The van der Waals surface area contributed by atoms with Gasteiger partial charge >= 0.3 is 6.03 Å². The number of aromatic nitrogens is 1. The zero-order valence-electron chi connectivity index (χ0n) is 12.8. The van der Waals surface area contributed by atoms with Crippen molar-refractivity contribution < 1.29 is 9.53 Å². The number of hydrogen-bond donors (Lipinski definition) is 1. The van der Waals surface area contributed by atoms with Crippen LogP contribution in [0.4, 0.5) is 9.93 Å². The Hall–Kier alpha value is -1.92. The number of carbonyl (C=O) groups is 1. The van der Waals surface area contributed by atoms with Gasteiger partial charge in [0.05, 0.1) is 18.9 Å². The van der Waals surface area contributed by atoms with Gasteiger partial charge < -0.3 is 9.64 Å². The van der Waals surface area contributed by atoms with Crippen LogP contribution in [0.15, 0.2) is 23.6 Å². The summed E-state index contributed by atoms with van der Waals surface area (Å²) in [5, 5.41) is 5.48. The Kier molecular flexibility index (Phi) is 4.40. The molecule has 1 saturated heterocycles. The number of anilines is 1. The maximum atomic E-state index is 12.2. The van der Waals surface area contributed by atoms with Crippen molar-refractivity contribution in [1.29, 1.82) is 0 Å². The van der Waals surface area contributed by atoms with Crippen molar-refractivity contribution in [1.82, 2.24) is 9.88 Å². The molecule has 1 N–H and O–H groups in total. The van der Waals surface area contributed by atoms with E-state index in [0.717, 1.165) is 11.3 Å². The molecular weight excluding hydrogens is 298 g/mol. The maximum Gasteiger partial charge on any atom is 0.323 e. The number of thiazole rings is 1. The molecule has 1 aliphatic rings. The van der Waals surface area contributed by atoms with E-state index in [9.17, 15) is 4.79 Å². The van der Waals surface area contributed by atoms with E-state index in [1.54, 1.807) is 4.90 Å². The summed E-state index contributed by atoms with van der Waals surface area (Å²) in [6.07, 6.45) is 0. The first kappa shape index (κ1) is 15.0. The van der Waals surface area contributed by atoms with Crippen LogP contribution < -0.4 is 5.32 Å². The van der Waals surface area contributed by atoms with Crippen LogP contribution in [-0.4, -0.2) is 42.2 Å². The van der Waals surface area contributed by atoms with Crippen LogP contribution in [0.1, 0.15) is 11.1 Å². The van der Waals surface area contributed by atoms with Crippen LogP contribution in [0.5, 0.6) is 0 Å². The fourth-order valence-corrected chi connectivity index (χ4v) is 3.19. The first-order chi connectivity index (χ1) is 10.6. The van der Waals surface area contributed by atoms with Crippen molar-refractivity contribution in [2.75, 3.05) is 31.6 Å². The van der Waals surface area contributed by atoms with Crippen LogP contribution in [0.2, 0.25) is 0 Å². The molecule has 5 nitrogen and oxygen atoms in total. The number of nitrogens with zero attached hydrogens (tertiary/aromatic N) is 2. The standard InChI is InChI=1S/C16H19N3O2S/c1-11-3-4-13(12(2)9-11)14-10-22-15(17-14)18-16(20)19-5-7-21-8-6-19/h3-4,9-10H,5-8H2,1-2H3,(H,17,18,20). The summed E-state index contributed by atoms with van der Waals surface area (Å²) in [6.45, 7) is 6.60. The van der Waals surface area contributed by atoms with E-state index >= 15 is 0 Å². The predicted molar refractivity (Wildman–Crippen MR) is 88.4 cm³/mol. The molecule has 2 amide bonds. The monoisotopic (exact) mass is 317 g/mol. The van der Waals surface area contributed by atoms with Crippen molar-refractivity contribution in [3.05, 3.63) is 34.7 Å². The molecule has 0 aliphatic carbocycles. The van der Waals surface area contributed by atoms with Gasteiger partial charge in [-0.25, -0.2) is 9.78 Å². The molecule has 1 aromatic heterocycles. The van der Waals surface area contributed by atoms with E-state index in [-0.39, 0.29) is 6.03 Å². The molecule has 0 radical (unpaired) electrons. The predicted octanol–water partition coefficient (Wildman–Crippen LogP) is 3.29. The second-order valence-corrected chi connectivity index (χ2v) is 6.24. The summed E-state index contributed by atoms with van der Waals surface area (Å²) in [7, 11) is 0. The Balaban J connectivity index is 1.72. The van der Waals surface area contributed by atoms with Gasteiger partial charge in [0.2, 0.25) is 0 Å². The normalized spacial score (nSPS) is 14.9. The smallest absolute Gasteiger partial charge is 0.323 e. The number of benzene rings is 1. The first-order valence-corrected chi connectivity index (χ1v) is 8.18. The summed E-state index contributed by atoms with van der Waals surface area (Å²) in [5.74, 6) is 0. The number of aryl methyl sites for hydroxylation is 2. The van der Waals surface area contributed by atoms with Crippen molar-refractivity contribution in [3.63, 3.8) is 0 Å². The average molecular weight is 317 g/mol. The number of nitrogens with one attached hydrogen (secondary N) is 1. The molecule has 2 aromatic rings. The molecule has 1 fully saturated rings. The van der Waals surface area contributed by atoms with E-state index in [1.165, 1.54) is 22.5 Å². The molecule has 0 saturated carbocycles.